The van der Waals surface area contributed by atoms with E-state index in [0.717, 1.165) is 0 Å². The van der Waals surface area contributed by atoms with Gasteiger partial charge >= 0.3 is 54.6 Å². The van der Waals surface area contributed by atoms with Crippen LogP contribution >= 0.6 is 12.6 Å². The Hall–Kier alpha value is -1.35. The van der Waals surface area contributed by atoms with Gasteiger partial charge in [-0.2, -0.15) is 100 Å². The number of ether oxygens (including phenoxy) is 4. The summed E-state index contributed by atoms with van der Waals surface area (Å²) in [4.78, 5) is 0. The summed E-state index contributed by atoms with van der Waals surface area (Å²) < 4.78 is 291. The van der Waals surface area contributed by atoms with E-state index < -0.39 is 85.7 Å². The van der Waals surface area contributed by atoms with Gasteiger partial charge < -0.3 is 9.47 Å². The molecule has 0 spiro atoms. The highest BCUT2D eigenvalue weighted by Gasteiger charge is 2.83. The van der Waals surface area contributed by atoms with Crippen molar-refractivity contribution in [3.8, 4) is 0 Å². The number of halogens is 22. The molecule has 0 saturated heterocycles. The molecule has 0 heterocycles. The van der Waals surface area contributed by atoms with Gasteiger partial charge in [0.25, 0.3) is 12.7 Å². The molecule has 0 fully saturated rings. The molecule has 0 saturated carbocycles. The molecule has 41 heavy (non-hydrogen) atoms. The van der Waals surface area contributed by atoms with E-state index in [1.807, 2.05) is 9.47 Å². The largest absolute Gasteiger partial charge is 0.462 e. The summed E-state index contributed by atoms with van der Waals surface area (Å²) in [5.41, 5.74) is 0. The van der Waals surface area contributed by atoms with Crippen molar-refractivity contribution in [3.05, 3.63) is 0 Å². The van der Waals surface area contributed by atoms with Crippen LogP contribution in [0.15, 0.2) is 0 Å². The highest BCUT2D eigenvalue weighted by atomic mass is 32.1. The maximum Gasteiger partial charge on any atom is 0.462 e. The molecule has 0 radical (unpaired) electrons. The van der Waals surface area contributed by atoms with Gasteiger partial charge in [0.1, 0.15) is 0 Å². The van der Waals surface area contributed by atoms with Gasteiger partial charge in [-0.3, -0.25) is 9.47 Å². The van der Waals surface area contributed by atoms with Crippen LogP contribution in [-0.4, -0.2) is 85.7 Å². The van der Waals surface area contributed by atoms with Crippen molar-refractivity contribution in [3.63, 3.8) is 0 Å². The van der Waals surface area contributed by atoms with Crippen LogP contribution in [-0.2, 0) is 18.9 Å². The van der Waals surface area contributed by atoms with Gasteiger partial charge in [-0.25, -0.2) is 8.78 Å². The molecule has 0 aliphatic rings. The average molecular weight is 690 g/mol. The zero-order chi connectivity index (χ0) is 33.5. The van der Waals surface area contributed by atoms with E-state index in [9.17, 15) is 96.6 Å². The molecule has 3 unspecified atom stereocenters. The van der Waals surface area contributed by atoms with E-state index in [4.69, 9.17) is 0 Å². The van der Waals surface area contributed by atoms with E-state index in [-0.39, 0.29) is 0 Å². The first-order valence-corrected chi connectivity index (χ1v) is 9.62. The Balaban J connectivity index is 5.59. The second-order valence-corrected chi connectivity index (χ2v) is 7.34. The summed E-state index contributed by atoms with van der Waals surface area (Å²) in [5.74, 6) is -24.4. The van der Waals surface area contributed by atoms with Gasteiger partial charge in [0.05, 0.1) is 12.7 Å². The zero-order valence-corrected chi connectivity index (χ0v) is 18.9. The van der Waals surface area contributed by atoms with Crippen molar-refractivity contribution in [2.45, 2.75) is 73.4 Å². The lowest BCUT2D eigenvalue weighted by Crippen LogP contribution is -2.63. The van der Waals surface area contributed by atoms with Gasteiger partial charge in [0.2, 0.25) is 0 Å². The highest BCUT2D eigenvalue weighted by molar-refractivity contribution is 7.80. The van der Waals surface area contributed by atoms with Crippen LogP contribution in [0.5, 0.6) is 0 Å². The van der Waals surface area contributed by atoms with Crippen molar-refractivity contribution in [1.29, 1.82) is 0 Å². The SMILES string of the molecule is FC(OC(F)(F)C(F)(F)C(F)(F)C(F)(F)F)C(F)(F)OCC(CS)OC(F)(F)C(F)OC(F)(F)C(F)(F)C(F)(F)F. The fourth-order valence-corrected chi connectivity index (χ4v) is 1.92. The van der Waals surface area contributed by atoms with Gasteiger partial charge in [0.15, 0.2) is 0 Å². The second-order valence-electron chi connectivity index (χ2n) is 6.98. The van der Waals surface area contributed by atoms with Gasteiger partial charge in [0, 0.05) is 5.75 Å². The van der Waals surface area contributed by atoms with Crippen LogP contribution in [0.3, 0.4) is 0 Å². The van der Waals surface area contributed by atoms with Crippen LogP contribution in [0.2, 0.25) is 0 Å². The van der Waals surface area contributed by atoms with E-state index in [1.165, 1.54) is 0 Å². The summed E-state index contributed by atoms with van der Waals surface area (Å²) >= 11 is 3.02. The quantitative estimate of drug-likeness (QED) is 0.144. The minimum Gasteiger partial charge on any atom is -0.313 e. The zero-order valence-electron chi connectivity index (χ0n) is 18.0. The molecule has 4 nitrogen and oxygen atoms in total. The second kappa shape index (κ2) is 12.0. The van der Waals surface area contributed by atoms with Crippen molar-refractivity contribution in [1.82, 2.24) is 0 Å². The van der Waals surface area contributed by atoms with E-state index in [1.54, 1.807) is 0 Å². The Kier molecular flexibility index (Phi) is 11.6. The molecule has 0 aromatic carbocycles. The smallest absolute Gasteiger partial charge is 0.313 e. The molecule has 27 heteroatoms. The third kappa shape index (κ3) is 8.39. The van der Waals surface area contributed by atoms with E-state index in [0.29, 0.717) is 0 Å². The van der Waals surface area contributed by atoms with E-state index >= 15 is 0 Å². The Morgan fingerprint density at radius 1 is 0.463 bits per heavy atom. The molecule has 0 aliphatic heterocycles. The molecule has 0 amide bonds. The van der Waals surface area contributed by atoms with Crippen LogP contribution < -0.4 is 0 Å². The minimum absolute atomic E-state index is 1.56. The Morgan fingerprint density at radius 3 is 1.15 bits per heavy atom. The summed E-state index contributed by atoms with van der Waals surface area (Å²) in [6.45, 7) is -2.49. The van der Waals surface area contributed by atoms with Gasteiger partial charge in [-0.1, -0.05) is 0 Å². The van der Waals surface area contributed by atoms with E-state index in [2.05, 4.69) is 22.1 Å². The number of alkyl halides is 22. The summed E-state index contributed by atoms with van der Waals surface area (Å²) in [5, 5.41) is 0. The lowest BCUT2D eigenvalue weighted by molar-refractivity contribution is -0.477. The number of rotatable bonds is 15. The van der Waals surface area contributed by atoms with Crippen molar-refractivity contribution in [2.75, 3.05) is 12.4 Å². The van der Waals surface area contributed by atoms with Gasteiger partial charge in [-0.05, 0) is 0 Å². The summed E-state index contributed by atoms with van der Waals surface area (Å²) in [6, 6.07) is 0. The predicted octanol–water partition coefficient (Wildman–Crippen LogP) is 7.34. The molecule has 0 aromatic heterocycles. The molecule has 0 bridgehead atoms. The minimum atomic E-state index is -7.79. The first-order valence-electron chi connectivity index (χ1n) is 8.99. The van der Waals surface area contributed by atoms with Crippen molar-refractivity contribution < 1.29 is 116 Å². The molecule has 3 atom stereocenters. The monoisotopic (exact) mass is 690 g/mol. The van der Waals surface area contributed by atoms with Crippen molar-refractivity contribution >= 4 is 12.6 Å². The Morgan fingerprint density at radius 2 is 0.805 bits per heavy atom. The molecular weight excluding hydrogens is 682 g/mol. The number of hydrogen-bond acceptors (Lipinski definition) is 5. The average Bonchev–Trinajstić information content (AvgIpc) is 2.73. The third-order valence-corrected chi connectivity index (χ3v) is 4.27. The first-order chi connectivity index (χ1) is 17.6. The van der Waals surface area contributed by atoms with Crippen LogP contribution in [0.1, 0.15) is 0 Å². The number of thiol groups is 1. The Labute approximate surface area is 215 Å². The Bertz CT molecular complexity index is 856. The van der Waals surface area contributed by atoms with Crippen LogP contribution in [0.4, 0.5) is 96.6 Å². The molecule has 0 aromatic rings. The fraction of sp³-hybridized carbons (Fsp3) is 1.00. The van der Waals surface area contributed by atoms with Crippen LogP contribution in [0, 0.1) is 0 Å². The maximum absolute atomic E-state index is 13.5. The molecule has 0 N–H and O–H groups in total. The van der Waals surface area contributed by atoms with Crippen molar-refractivity contribution in [2.24, 2.45) is 0 Å². The third-order valence-electron chi connectivity index (χ3n) is 3.86. The highest BCUT2D eigenvalue weighted by Crippen LogP contribution is 2.54. The summed E-state index contributed by atoms with van der Waals surface area (Å²) in [7, 11) is 0. The fourth-order valence-electron chi connectivity index (χ4n) is 1.74. The standard InChI is InChI=1S/C14H8F22O4S/c15-4(39-13(33,34)9(23,24)8(21,22)11(27,28)29)6(17,18)37-1-3(2-41)38-7(19,20)5(16)40-14(35,36)10(25,26)12(30,31)32/h3-5,41H,1-2H2. The molecular formula is C14H8F22O4S. The normalized spacial score (nSPS) is 17.9. The molecule has 0 rings (SSSR count). The maximum atomic E-state index is 13.5. The van der Waals surface area contributed by atoms with Crippen LogP contribution in [0.25, 0.3) is 0 Å². The molecule has 0 aliphatic carbocycles. The molecule has 248 valence electrons. The number of hydrogen-bond donors (Lipinski definition) is 1. The summed E-state index contributed by atoms with van der Waals surface area (Å²) in [6.07, 6.45) is -55.4. The lowest BCUT2D eigenvalue weighted by Gasteiger charge is -2.34. The topological polar surface area (TPSA) is 36.9 Å². The van der Waals surface area contributed by atoms with Gasteiger partial charge in [-0.15, -0.1) is 0 Å². The predicted molar refractivity (Wildman–Crippen MR) is 83.4 cm³/mol. The first kappa shape index (κ1) is 39.6. The lowest BCUT2D eigenvalue weighted by atomic mass is 10.1.